The van der Waals surface area contributed by atoms with E-state index in [1.165, 1.54) is 6.07 Å². The maximum Gasteiger partial charge on any atom is 0.250 e. The van der Waals surface area contributed by atoms with Gasteiger partial charge < -0.3 is 15.1 Å². The highest BCUT2D eigenvalue weighted by atomic mass is 19.1. The molecule has 4 rings (SSSR count). The molecule has 6 nitrogen and oxygen atoms in total. The minimum absolute atomic E-state index is 0.108. The minimum atomic E-state index is -0.471. The number of amides is 1. The van der Waals surface area contributed by atoms with Crippen LogP contribution in [0, 0.1) is 5.82 Å². The smallest absolute Gasteiger partial charge is 0.250 e. The largest absolute Gasteiger partial charge is 0.419 e. The molecule has 3 aromatic rings. The van der Waals surface area contributed by atoms with Crippen LogP contribution >= 0.6 is 0 Å². The van der Waals surface area contributed by atoms with Gasteiger partial charge in [0.15, 0.2) is 0 Å². The monoisotopic (exact) mass is 338 g/mol. The zero-order chi connectivity index (χ0) is 17.4. The summed E-state index contributed by atoms with van der Waals surface area (Å²) >= 11 is 0. The molecule has 0 bridgehead atoms. The van der Waals surface area contributed by atoms with Crippen molar-refractivity contribution in [2.75, 3.05) is 4.90 Å². The quantitative estimate of drug-likeness (QED) is 0.789. The van der Waals surface area contributed by atoms with Crippen molar-refractivity contribution in [3.8, 4) is 11.5 Å². The lowest BCUT2D eigenvalue weighted by atomic mass is 10.1. The highest BCUT2D eigenvalue weighted by Gasteiger charge is 2.34. The van der Waals surface area contributed by atoms with Gasteiger partial charge in [-0.25, -0.2) is 4.39 Å². The number of primary amides is 1. The van der Waals surface area contributed by atoms with Crippen molar-refractivity contribution in [1.82, 2.24) is 10.2 Å². The molecule has 2 aromatic carbocycles. The Morgan fingerprint density at radius 2 is 1.96 bits per heavy atom. The maximum atomic E-state index is 13.9. The van der Waals surface area contributed by atoms with Gasteiger partial charge in [0.25, 0.3) is 5.89 Å². The first-order chi connectivity index (χ1) is 12.1. The molecule has 0 saturated carbocycles. The first-order valence-electron chi connectivity index (χ1n) is 7.84. The second-order valence-electron chi connectivity index (χ2n) is 5.86. The first-order valence-corrected chi connectivity index (χ1v) is 7.84. The summed E-state index contributed by atoms with van der Waals surface area (Å²) in [7, 11) is 0. The van der Waals surface area contributed by atoms with Crippen LogP contribution in [0.4, 0.5) is 10.1 Å². The van der Waals surface area contributed by atoms with Gasteiger partial charge in [-0.05, 0) is 23.8 Å². The van der Waals surface area contributed by atoms with Gasteiger partial charge in [-0.2, -0.15) is 0 Å². The molecule has 0 unspecified atom stereocenters. The number of aromatic nitrogens is 2. The molecular formula is C18H15FN4O2. The molecule has 25 heavy (non-hydrogen) atoms. The highest BCUT2D eigenvalue weighted by molar-refractivity contribution is 5.86. The van der Waals surface area contributed by atoms with Gasteiger partial charge in [0.2, 0.25) is 11.8 Å². The minimum Gasteiger partial charge on any atom is -0.419 e. The average molecular weight is 338 g/mol. The van der Waals surface area contributed by atoms with Crippen LogP contribution in [0.1, 0.15) is 11.5 Å². The summed E-state index contributed by atoms with van der Waals surface area (Å²) in [5, 5.41) is 7.90. The van der Waals surface area contributed by atoms with Crippen molar-refractivity contribution >= 4 is 11.6 Å². The van der Waals surface area contributed by atoms with Crippen molar-refractivity contribution in [2.45, 2.75) is 19.0 Å². The lowest BCUT2D eigenvalue weighted by Gasteiger charge is -2.23. The maximum absolute atomic E-state index is 13.9. The number of carbonyl (C=O) groups is 1. The molecule has 0 aliphatic carbocycles. The van der Waals surface area contributed by atoms with E-state index >= 15 is 0 Å². The van der Waals surface area contributed by atoms with Crippen LogP contribution in [-0.4, -0.2) is 22.1 Å². The fourth-order valence-electron chi connectivity index (χ4n) is 3.11. The summed E-state index contributed by atoms with van der Waals surface area (Å²) in [4.78, 5) is 13.6. The van der Waals surface area contributed by atoms with Gasteiger partial charge in [0.1, 0.15) is 11.9 Å². The Morgan fingerprint density at radius 3 is 2.76 bits per heavy atom. The summed E-state index contributed by atoms with van der Waals surface area (Å²) < 4.78 is 19.5. The SMILES string of the molecule is NC(=O)[C@@H]1Cc2ccccc2N1Cc1nnc(-c2ccccc2F)o1. The van der Waals surface area contributed by atoms with Gasteiger partial charge in [-0.15, -0.1) is 10.2 Å². The topological polar surface area (TPSA) is 85.3 Å². The van der Waals surface area contributed by atoms with Crippen molar-refractivity contribution in [3.05, 3.63) is 65.8 Å². The average Bonchev–Trinajstić information content (AvgIpc) is 3.21. The number of halogens is 1. The Morgan fingerprint density at radius 1 is 1.20 bits per heavy atom. The van der Waals surface area contributed by atoms with Crippen molar-refractivity contribution in [2.24, 2.45) is 5.73 Å². The number of anilines is 1. The zero-order valence-electron chi connectivity index (χ0n) is 13.2. The molecule has 7 heteroatoms. The predicted octanol–water partition coefficient (Wildman–Crippen LogP) is 2.29. The molecule has 0 spiro atoms. The number of carbonyl (C=O) groups excluding carboxylic acids is 1. The van der Waals surface area contributed by atoms with Gasteiger partial charge in [0, 0.05) is 12.1 Å². The number of hydrogen-bond donors (Lipinski definition) is 1. The number of fused-ring (bicyclic) bond motifs is 1. The third-order valence-electron chi connectivity index (χ3n) is 4.30. The van der Waals surface area contributed by atoms with Gasteiger partial charge >= 0.3 is 0 Å². The second kappa shape index (κ2) is 6.01. The Bertz CT molecular complexity index is 940. The highest BCUT2D eigenvalue weighted by Crippen LogP contribution is 2.33. The van der Waals surface area contributed by atoms with Crippen molar-refractivity contribution in [3.63, 3.8) is 0 Å². The number of rotatable bonds is 4. The Kier molecular flexibility index (Phi) is 3.68. The number of para-hydroxylation sites is 1. The number of hydrogen-bond acceptors (Lipinski definition) is 5. The molecule has 0 radical (unpaired) electrons. The summed E-state index contributed by atoms with van der Waals surface area (Å²) in [5.41, 5.74) is 7.74. The van der Waals surface area contributed by atoms with Gasteiger partial charge in [-0.3, -0.25) is 4.79 Å². The number of benzene rings is 2. The molecule has 0 fully saturated rings. The predicted molar refractivity (Wildman–Crippen MR) is 89.0 cm³/mol. The van der Waals surface area contributed by atoms with E-state index in [2.05, 4.69) is 10.2 Å². The second-order valence-corrected chi connectivity index (χ2v) is 5.86. The van der Waals surface area contributed by atoms with Crippen LogP contribution in [0.3, 0.4) is 0 Å². The van der Waals surface area contributed by atoms with Gasteiger partial charge in [-0.1, -0.05) is 30.3 Å². The van der Waals surface area contributed by atoms with E-state index in [0.717, 1.165) is 11.3 Å². The van der Waals surface area contributed by atoms with Crippen LogP contribution in [0.5, 0.6) is 0 Å². The van der Waals surface area contributed by atoms with Crippen LogP contribution in [0.25, 0.3) is 11.5 Å². The van der Waals surface area contributed by atoms with Crippen LogP contribution in [-0.2, 0) is 17.8 Å². The van der Waals surface area contributed by atoms with E-state index < -0.39 is 17.8 Å². The fraction of sp³-hybridized carbons (Fsp3) is 0.167. The van der Waals surface area contributed by atoms with Crippen LogP contribution in [0.15, 0.2) is 52.9 Å². The molecule has 1 aliphatic heterocycles. The summed E-state index contributed by atoms with van der Waals surface area (Å²) in [6.07, 6.45) is 0.541. The number of nitrogens with zero attached hydrogens (tertiary/aromatic N) is 3. The molecular weight excluding hydrogens is 323 g/mol. The Balaban J connectivity index is 1.64. The zero-order valence-corrected chi connectivity index (χ0v) is 13.2. The first kappa shape index (κ1) is 15.3. The molecule has 1 aromatic heterocycles. The van der Waals surface area contributed by atoms with E-state index in [1.807, 2.05) is 29.2 Å². The molecule has 126 valence electrons. The molecule has 0 saturated heterocycles. The van der Waals surface area contributed by atoms with E-state index in [1.54, 1.807) is 18.2 Å². The Labute approximate surface area is 143 Å². The molecule has 2 heterocycles. The summed E-state index contributed by atoms with van der Waals surface area (Å²) in [6, 6.07) is 13.4. The summed E-state index contributed by atoms with van der Waals surface area (Å²) in [5.74, 6) is -0.443. The molecule has 1 atom stereocenters. The lowest BCUT2D eigenvalue weighted by Crippen LogP contribution is -2.42. The molecule has 1 amide bonds. The number of nitrogens with two attached hydrogens (primary N) is 1. The van der Waals surface area contributed by atoms with Crippen molar-refractivity contribution < 1.29 is 13.6 Å². The van der Waals surface area contributed by atoms with E-state index in [9.17, 15) is 9.18 Å². The summed E-state index contributed by atoms with van der Waals surface area (Å²) in [6.45, 7) is 0.228. The van der Waals surface area contributed by atoms with E-state index in [0.29, 0.717) is 12.3 Å². The van der Waals surface area contributed by atoms with Crippen molar-refractivity contribution in [1.29, 1.82) is 0 Å². The third-order valence-corrected chi connectivity index (χ3v) is 4.30. The van der Waals surface area contributed by atoms with Gasteiger partial charge in [0.05, 0.1) is 12.1 Å². The normalized spacial score (nSPS) is 16.0. The van der Waals surface area contributed by atoms with Crippen LogP contribution in [0.2, 0.25) is 0 Å². The standard InChI is InChI=1S/C18H15FN4O2/c19-13-7-3-2-6-12(13)18-22-21-16(25-18)10-23-14-8-4-1-5-11(14)9-15(23)17(20)24/h1-8,15H,9-10H2,(H2,20,24)/t15-/m0/s1. The molecule has 2 N–H and O–H groups in total. The van der Waals surface area contributed by atoms with E-state index in [-0.39, 0.29) is 18.0 Å². The molecule has 1 aliphatic rings. The lowest BCUT2D eigenvalue weighted by molar-refractivity contribution is -0.119. The fourth-order valence-corrected chi connectivity index (χ4v) is 3.11. The van der Waals surface area contributed by atoms with E-state index in [4.69, 9.17) is 10.2 Å². The van der Waals surface area contributed by atoms with Crippen LogP contribution < -0.4 is 10.6 Å². The third kappa shape index (κ3) is 2.73. The Hall–Kier alpha value is -3.22.